The Balaban J connectivity index is 1.90. The van der Waals surface area contributed by atoms with Crippen molar-refractivity contribution < 1.29 is 23.8 Å². The fourth-order valence-electron chi connectivity index (χ4n) is 4.01. The van der Waals surface area contributed by atoms with E-state index in [1.165, 1.54) is 29.2 Å². The Morgan fingerprint density at radius 1 is 1.19 bits per heavy atom. The lowest BCUT2D eigenvalue weighted by atomic mass is 9.96. The maximum atomic E-state index is 13.5. The fourth-order valence-corrected chi connectivity index (χ4v) is 4.01. The first-order chi connectivity index (χ1) is 14.9. The second kappa shape index (κ2) is 8.31. The third-order valence-electron chi connectivity index (χ3n) is 5.40. The molecule has 2 aromatic heterocycles. The van der Waals surface area contributed by atoms with E-state index in [4.69, 9.17) is 4.74 Å². The van der Waals surface area contributed by atoms with Gasteiger partial charge in [-0.05, 0) is 43.2 Å². The first-order valence-electron chi connectivity index (χ1n) is 9.91. The van der Waals surface area contributed by atoms with Gasteiger partial charge in [-0.3, -0.25) is 14.0 Å². The van der Waals surface area contributed by atoms with Crippen molar-refractivity contribution in [3.05, 3.63) is 77.0 Å². The molecule has 0 aliphatic carbocycles. The summed E-state index contributed by atoms with van der Waals surface area (Å²) in [6.07, 6.45) is 2.24. The molecule has 31 heavy (non-hydrogen) atoms. The summed E-state index contributed by atoms with van der Waals surface area (Å²) in [5, 5.41) is 11.3. The lowest BCUT2D eigenvalue weighted by Crippen LogP contribution is -2.31. The predicted molar refractivity (Wildman–Crippen MR) is 112 cm³/mol. The number of methoxy groups -OCH3 is 1. The first kappa shape index (κ1) is 20.7. The largest absolute Gasteiger partial charge is 0.505 e. The van der Waals surface area contributed by atoms with Crippen LogP contribution in [0.15, 0.2) is 54.2 Å². The highest BCUT2D eigenvalue weighted by molar-refractivity contribution is 6.46. The molecule has 1 saturated heterocycles. The number of aromatic nitrogens is 2. The molecule has 1 aliphatic rings. The average Bonchev–Trinajstić information content (AvgIpc) is 3.22. The Kier molecular flexibility index (Phi) is 5.56. The van der Waals surface area contributed by atoms with Crippen LogP contribution in [0, 0.1) is 12.7 Å². The summed E-state index contributed by atoms with van der Waals surface area (Å²) in [5.41, 5.74) is 1.97. The monoisotopic (exact) mass is 423 g/mol. The van der Waals surface area contributed by atoms with Gasteiger partial charge in [0.15, 0.2) is 5.76 Å². The molecule has 1 atom stereocenters. The number of ether oxygens (including phenoxy) is 1. The molecule has 1 fully saturated rings. The molecule has 3 aromatic rings. The van der Waals surface area contributed by atoms with Gasteiger partial charge in [-0.2, -0.15) is 0 Å². The minimum absolute atomic E-state index is 0.0391. The third kappa shape index (κ3) is 3.59. The Morgan fingerprint density at radius 2 is 1.94 bits per heavy atom. The summed E-state index contributed by atoms with van der Waals surface area (Å²) < 4.78 is 20.3. The van der Waals surface area contributed by atoms with Crippen LogP contribution < -0.4 is 0 Å². The van der Waals surface area contributed by atoms with E-state index < -0.39 is 23.5 Å². The molecule has 0 radical (unpaired) electrons. The molecule has 160 valence electrons. The number of aliphatic hydroxyl groups excluding tert-OH is 1. The van der Waals surface area contributed by atoms with Crippen molar-refractivity contribution >= 4 is 23.1 Å². The van der Waals surface area contributed by atoms with Crippen LogP contribution >= 0.6 is 0 Å². The maximum absolute atomic E-state index is 13.5. The highest BCUT2D eigenvalue weighted by Crippen LogP contribution is 2.40. The van der Waals surface area contributed by atoms with Crippen LogP contribution in [0.25, 0.3) is 11.4 Å². The topological polar surface area (TPSA) is 84.1 Å². The van der Waals surface area contributed by atoms with Crippen molar-refractivity contribution in [1.29, 1.82) is 0 Å². The van der Waals surface area contributed by atoms with E-state index in [1.807, 2.05) is 6.07 Å². The van der Waals surface area contributed by atoms with Crippen LogP contribution in [0.4, 0.5) is 4.39 Å². The number of hydrogen-bond acceptors (Lipinski definition) is 5. The van der Waals surface area contributed by atoms with Crippen molar-refractivity contribution in [3.63, 3.8) is 0 Å². The molecule has 1 N–H and O–H groups in total. The van der Waals surface area contributed by atoms with Gasteiger partial charge in [-0.15, -0.1) is 0 Å². The van der Waals surface area contributed by atoms with Gasteiger partial charge >= 0.3 is 0 Å². The van der Waals surface area contributed by atoms with E-state index in [0.717, 1.165) is 0 Å². The van der Waals surface area contributed by atoms with E-state index >= 15 is 0 Å². The number of ketones is 1. The van der Waals surface area contributed by atoms with Gasteiger partial charge < -0.3 is 14.7 Å². The summed E-state index contributed by atoms with van der Waals surface area (Å²) in [5.74, 6) is -2.23. The Labute approximate surface area is 178 Å². The number of hydrogen-bond donors (Lipinski definition) is 1. The van der Waals surface area contributed by atoms with Gasteiger partial charge in [0.1, 0.15) is 17.2 Å². The van der Waals surface area contributed by atoms with E-state index in [-0.39, 0.29) is 17.9 Å². The normalized spacial score (nSPS) is 18.3. The zero-order valence-electron chi connectivity index (χ0n) is 17.2. The van der Waals surface area contributed by atoms with Gasteiger partial charge in [0.25, 0.3) is 11.7 Å². The lowest BCUT2D eigenvalue weighted by Gasteiger charge is -2.25. The number of amides is 1. The number of benzene rings is 1. The van der Waals surface area contributed by atoms with Crippen LogP contribution in [-0.4, -0.2) is 51.3 Å². The van der Waals surface area contributed by atoms with Crippen LogP contribution in [0.3, 0.4) is 0 Å². The van der Waals surface area contributed by atoms with Crippen molar-refractivity contribution in [2.24, 2.45) is 0 Å². The molecule has 1 unspecified atom stereocenters. The highest BCUT2D eigenvalue weighted by Gasteiger charge is 2.46. The molecule has 1 amide bonds. The number of pyridine rings is 1. The summed E-state index contributed by atoms with van der Waals surface area (Å²) in [7, 11) is 1.55. The van der Waals surface area contributed by atoms with Crippen molar-refractivity contribution in [1.82, 2.24) is 14.3 Å². The number of carbonyl (C=O) groups excluding carboxylic acids is 2. The second-order valence-corrected chi connectivity index (χ2v) is 7.37. The molecule has 8 heteroatoms. The Morgan fingerprint density at radius 3 is 2.65 bits per heavy atom. The van der Waals surface area contributed by atoms with Crippen LogP contribution in [0.2, 0.25) is 0 Å². The molecule has 0 bridgehead atoms. The number of Topliss-reactive ketones (excluding diaryl/α,β-unsaturated/α-hetero) is 1. The molecular formula is C23H22FN3O4. The van der Waals surface area contributed by atoms with Crippen LogP contribution in [0.5, 0.6) is 0 Å². The van der Waals surface area contributed by atoms with E-state index in [1.54, 1.807) is 36.8 Å². The number of aryl methyl sites for hydroxylation is 1. The quantitative estimate of drug-likeness (QED) is 0.285. The maximum Gasteiger partial charge on any atom is 0.295 e. The summed E-state index contributed by atoms with van der Waals surface area (Å²) in [4.78, 5) is 31.7. The Bertz CT molecular complexity index is 1180. The minimum atomic E-state index is -0.842. The number of halogens is 1. The van der Waals surface area contributed by atoms with Crippen molar-refractivity contribution in [2.45, 2.75) is 19.4 Å². The van der Waals surface area contributed by atoms with Gasteiger partial charge in [0, 0.05) is 26.5 Å². The van der Waals surface area contributed by atoms with Gasteiger partial charge in [0.2, 0.25) is 0 Å². The van der Waals surface area contributed by atoms with E-state index in [9.17, 15) is 19.1 Å². The van der Waals surface area contributed by atoms with E-state index in [2.05, 4.69) is 4.98 Å². The average molecular weight is 423 g/mol. The first-order valence-corrected chi connectivity index (χ1v) is 9.91. The number of rotatable bonds is 6. The zero-order valence-corrected chi connectivity index (χ0v) is 17.2. The SMILES string of the molecule is COCCCN1C(=O)C(=O)/C(=C(/O)c2c(C)nc3ccccn23)C1c1ccc(F)cc1. The fraction of sp³-hybridized carbons (Fsp3) is 0.261. The minimum Gasteiger partial charge on any atom is -0.505 e. The molecular weight excluding hydrogens is 401 g/mol. The molecule has 1 aliphatic heterocycles. The van der Waals surface area contributed by atoms with Crippen molar-refractivity contribution in [3.8, 4) is 0 Å². The number of nitrogens with zero attached hydrogens (tertiary/aromatic N) is 3. The lowest BCUT2D eigenvalue weighted by molar-refractivity contribution is -0.140. The van der Waals surface area contributed by atoms with Gasteiger partial charge in [0.05, 0.1) is 17.3 Å². The highest BCUT2D eigenvalue weighted by atomic mass is 19.1. The second-order valence-electron chi connectivity index (χ2n) is 7.37. The van der Waals surface area contributed by atoms with Crippen molar-refractivity contribution in [2.75, 3.05) is 20.3 Å². The van der Waals surface area contributed by atoms with Gasteiger partial charge in [-0.25, -0.2) is 9.37 Å². The number of carbonyl (C=O) groups is 2. The molecule has 3 heterocycles. The van der Waals surface area contributed by atoms with E-state index in [0.29, 0.717) is 35.6 Å². The number of likely N-dealkylation sites (tertiary alicyclic amines) is 1. The van der Waals surface area contributed by atoms with Crippen LogP contribution in [-0.2, 0) is 14.3 Å². The van der Waals surface area contributed by atoms with Crippen LogP contribution in [0.1, 0.15) is 29.4 Å². The Hall–Kier alpha value is -3.52. The molecule has 7 nitrogen and oxygen atoms in total. The summed E-state index contributed by atoms with van der Waals surface area (Å²) in [6.45, 7) is 2.39. The molecule has 0 spiro atoms. The molecule has 0 saturated carbocycles. The number of aliphatic hydroxyl groups is 1. The third-order valence-corrected chi connectivity index (χ3v) is 5.40. The number of imidazole rings is 1. The predicted octanol–water partition coefficient (Wildman–Crippen LogP) is 3.24. The zero-order chi connectivity index (χ0) is 22.1. The molecule has 1 aromatic carbocycles. The number of fused-ring (bicyclic) bond motifs is 1. The molecule has 4 rings (SSSR count). The summed E-state index contributed by atoms with van der Waals surface area (Å²) in [6, 6.07) is 10.1. The van der Waals surface area contributed by atoms with Gasteiger partial charge in [-0.1, -0.05) is 18.2 Å². The smallest absolute Gasteiger partial charge is 0.295 e. The summed E-state index contributed by atoms with van der Waals surface area (Å²) >= 11 is 0. The standard InChI is InChI=1S/C23H22FN3O4/c1-14-19(26-11-4-3-6-17(26)25-14)21(28)18-20(15-7-9-16(24)10-8-15)27(12-5-13-31-2)23(30)22(18)29/h3-4,6-11,20,28H,5,12-13H2,1-2H3/b21-18+.